The number of hydrogen-bond donors (Lipinski definition) is 2. The summed E-state index contributed by atoms with van der Waals surface area (Å²) >= 11 is 6.03. The van der Waals surface area contributed by atoms with Crippen molar-refractivity contribution in [1.82, 2.24) is 5.43 Å². The van der Waals surface area contributed by atoms with Crippen molar-refractivity contribution >= 4 is 11.6 Å². The van der Waals surface area contributed by atoms with E-state index in [0.717, 1.165) is 12.0 Å². The smallest absolute Gasteiger partial charge is 0.137 e. The highest BCUT2D eigenvalue weighted by atomic mass is 35.5. The van der Waals surface area contributed by atoms with E-state index in [1.807, 2.05) is 18.2 Å². The van der Waals surface area contributed by atoms with Crippen molar-refractivity contribution in [3.05, 3.63) is 28.8 Å². The Kier molecular flexibility index (Phi) is 7.87. The number of rotatable bonds is 9. The molecule has 0 aliphatic carbocycles. The summed E-state index contributed by atoms with van der Waals surface area (Å²) in [5, 5.41) is 0.630. The van der Waals surface area contributed by atoms with E-state index >= 15 is 0 Å². The van der Waals surface area contributed by atoms with Crippen molar-refractivity contribution < 1.29 is 4.74 Å². The maximum Gasteiger partial charge on any atom is 0.137 e. The number of nitrogens with two attached hydrogens (primary N) is 1. The molecule has 1 unspecified atom stereocenters. The quantitative estimate of drug-likeness (QED) is 0.406. The van der Waals surface area contributed by atoms with Crippen LogP contribution in [0, 0.1) is 0 Å². The predicted octanol–water partition coefficient (Wildman–Crippen LogP) is 4.21. The van der Waals surface area contributed by atoms with Crippen molar-refractivity contribution in [2.75, 3.05) is 7.11 Å². The third-order valence-electron chi connectivity index (χ3n) is 3.38. The molecule has 1 aromatic rings. The van der Waals surface area contributed by atoms with Crippen molar-refractivity contribution in [3.8, 4) is 5.75 Å². The molecule has 0 aliphatic rings. The maximum absolute atomic E-state index is 6.03. The van der Waals surface area contributed by atoms with E-state index in [4.69, 9.17) is 22.2 Å². The van der Waals surface area contributed by atoms with Gasteiger partial charge >= 0.3 is 0 Å². The second-order valence-electron chi connectivity index (χ2n) is 4.82. The monoisotopic (exact) mass is 284 g/mol. The van der Waals surface area contributed by atoms with Crippen LogP contribution in [0.4, 0.5) is 0 Å². The molecule has 3 N–H and O–H groups in total. The number of hydrogen-bond acceptors (Lipinski definition) is 3. The zero-order valence-electron chi connectivity index (χ0n) is 11.9. The van der Waals surface area contributed by atoms with Crippen LogP contribution in [0.25, 0.3) is 0 Å². The summed E-state index contributed by atoms with van der Waals surface area (Å²) in [4.78, 5) is 0. The maximum atomic E-state index is 6.03. The van der Waals surface area contributed by atoms with E-state index in [9.17, 15) is 0 Å². The van der Waals surface area contributed by atoms with Gasteiger partial charge in [-0.1, -0.05) is 56.7 Å². The lowest BCUT2D eigenvalue weighted by molar-refractivity contribution is 0.412. The fourth-order valence-electron chi connectivity index (χ4n) is 2.19. The van der Waals surface area contributed by atoms with Gasteiger partial charge in [0.2, 0.25) is 0 Å². The number of hydrazine groups is 1. The van der Waals surface area contributed by atoms with Crippen LogP contribution in [-0.2, 0) is 0 Å². The molecule has 19 heavy (non-hydrogen) atoms. The van der Waals surface area contributed by atoms with Gasteiger partial charge in [-0.3, -0.25) is 11.3 Å². The first-order valence-corrected chi connectivity index (χ1v) is 7.40. The second-order valence-corrected chi connectivity index (χ2v) is 5.22. The van der Waals surface area contributed by atoms with E-state index in [-0.39, 0.29) is 6.04 Å². The molecule has 0 amide bonds. The highest BCUT2D eigenvalue weighted by Crippen LogP contribution is 2.29. The molecule has 0 spiro atoms. The van der Waals surface area contributed by atoms with Crippen molar-refractivity contribution in [2.24, 2.45) is 5.84 Å². The molecule has 4 heteroatoms. The molecule has 0 saturated heterocycles. The van der Waals surface area contributed by atoms with Gasteiger partial charge in [-0.15, -0.1) is 0 Å². The van der Waals surface area contributed by atoms with E-state index in [0.29, 0.717) is 10.8 Å². The van der Waals surface area contributed by atoms with Crippen LogP contribution in [0.15, 0.2) is 18.2 Å². The molecule has 0 heterocycles. The fourth-order valence-corrected chi connectivity index (χ4v) is 2.39. The molecule has 3 nitrogen and oxygen atoms in total. The highest BCUT2D eigenvalue weighted by molar-refractivity contribution is 6.32. The molecule has 108 valence electrons. The minimum atomic E-state index is 0.160. The van der Waals surface area contributed by atoms with Gasteiger partial charge < -0.3 is 4.74 Å². The molecule has 1 rings (SSSR count). The summed E-state index contributed by atoms with van der Waals surface area (Å²) in [5.41, 5.74) is 4.01. The molecule has 0 radical (unpaired) electrons. The van der Waals surface area contributed by atoms with Crippen LogP contribution in [0.5, 0.6) is 5.75 Å². The largest absolute Gasteiger partial charge is 0.495 e. The normalized spacial score (nSPS) is 12.4. The molecular weight excluding hydrogens is 260 g/mol. The Hall–Kier alpha value is -0.770. The van der Waals surface area contributed by atoms with Gasteiger partial charge in [0.15, 0.2) is 0 Å². The van der Waals surface area contributed by atoms with Crippen LogP contribution in [0.1, 0.15) is 57.1 Å². The SMILES string of the molecule is CCCCCCCC(NN)c1ccc(Cl)c(OC)c1. The highest BCUT2D eigenvalue weighted by Gasteiger charge is 2.11. The first-order chi connectivity index (χ1) is 9.22. The van der Waals surface area contributed by atoms with Gasteiger partial charge in [0, 0.05) is 6.04 Å². The molecule has 0 fully saturated rings. The number of unbranched alkanes of at least 4 members (excludes halogenated alkanes) is 4. The van der Waals surface area contributed by atoms with Crippen molar-refractivity contribution in [2.45, 2.75) is 51.5 Å². The molecule has 0 saturated carbocycles. The summed E-state index contributed by atoms with van der Waals surface area (Å²) in [7, 11) is 1.63. The number of nitrogens with one attached hydrogen (secondary N) is 1. The average Bonchev–Trinajstić information content (AvgIpc) is 2.44. The zero-order valence-corrected chi connectivity index (χ0v) is 12.7. The summed E-state index contributed by atoms with van der Waals surface area (Å²) in [6.45, 7) is 2.23. The Morgan fingerprint density at radius 2 is 2.00 bits per heavy atom. The summed E-state index contributed by atoms with van der Waals surface area (Å²) in [6.07, 6.45) is 7.36. The van der Waals surface area contributed by atoms with Gasteiger partial charge in [-0.25, -0.2) is 0 Å². The van der Waals surface area contributed by atoms with Crippen LogP contribution < -0.4 is 16.0 Å². The predicted molar refractivity (Wildman–Crippen MR) is 81.4 cm³/mol. The van der Waals surface area contributed by atoms with Crippen molar-refractivity contribution in [1.29, 1.82) is 0 Å². The Balaban J connectivity index is 2.54. The van der Waals surface area contributed by atoms with Crippen LogP contribution in [0.2, 0.25) is 5.02 Å². The summed E-state index contributed by atoms with van der Waals surface area (Å²) < 4.78 is 5.24. The minimum Gasteiger partial charge on any atom is -0.495 e. The Morgan fingerprint density at radius 3 is 2.63 bits per heavy atom. The van der Waals surface area contributed by atoms with Gasteiger partial charge in [0.05, 0.1) is 12.1 Å². The lowest BCUT2D eigenvalue weighted by atomic mass is 10.00. The first-order valence-electron chi connectivity index (χ1n) is 7.02. The van der Waals surface area contributed by atoms with Crippen LogP contribution in [0.3, 0.4) is 0 Å². The zero-order chi connectivity index (χ0) is 14.1. The number of methoxy groups -OCH3 is 1. The Morgan fingerprint density at radius 1 is 1.26 bits per heavy atom. The number of benzene rings is 1. The number of ether oxygens (including phenoxy) is 1. The van der Waals surface area contributed by atoms with Crippen LogP contribution in [-0.4, -0.2) is 7.11 Å². The van der Waals surface area contributed by atoms with Gasteiger partial charge in [0.1, 0.15) is 5.75 Å². The standard InChI is InChI=1S/C15H25ClN2O/c1-3-4-5-6-7-8-14(18-17)12-9-10-13(16)15(11-12)19-2/h9-11,14,18H,3-8,17H2,1-2H3. The molecule has 0 bridgehead atoms. The summed E-state index contributed by atoms with van der Waals surface area (Å²) in [6, 6.07) is 5.98. The van der Waals surface area contributed by atoms with Gasteiger partial charge in [0.25, 0.3) is 0 Å². The lowest BCUT2D eigenvalue weighted by Gasteiger charge is -2.17. The lowest BCUT2D eigenvalue weighted by Crippen LogP contribution is -2.28. The van der Waals surface area contributed by atoms with Gasteiger partial charge in [-0.2, -0.15) is 0 Å². The topological polar surface area (TPSA) is 47.3 Å². The van der Waals surface area contributed by atoms with E-state index in [1.165, 1.54) is 32.1 Å². The van der Waals surface area contributed by atoms with Gasteiger partial charge in [-0.05, 0) is 24.1 Å². The van der Waals surface area contributed by atoms with E-state index < -0.39 is 0 Å². The minimum absolute atomic E-state index is 0.160. The third kappa shape index (κ3) is 5.39. The molecule has 0 aliphatic heterocycles. The first kappa shape index (κ1) is 16.3. The average molecular weight is 285 g/mol. The molecule has 0 aromatic heterocycles. The van der Waals surface area contributed by atoms with Crippen LogP contribution >= 0.6 is 11.6 Å². The molecular formula is C15H25ClN2O. The Bertz CT molecular complexity index is 371. The van der Waals surface area contributed by atoms with E-state index in [1.54, 1.807) is 7.11 Å². The van der Waals surface area contributed by atoms with Crippen molar-refractivity contribution in [3.63, 3.8) is 0 Å². The fraction of sp³-hybridized carbons (Fsp3) is 0.600. The Labute approximate surface area is 121 Å². The second kappa shape index (κ2) is 9.18. The van der Waals surface area contributed by atoms with E-state index in [2.05, 4.69) is 12.3 Å². The molecule has 1 atom stereocenters. The third-order valence-corrected chi connectivity index (χ3v) is 3.69. The summed E-state index contributed by atoms with van der Waals surface area (Å²) in [5.74, 6) is 6.35. The molecule has 1 aromatic carbocycles. The number of halogens is 1.